The van der Waals surface area contributed by atoms with Crippen molar-refractivity contribution in [2.45, 2.75) is 33.9 Å². The molecule has 0 radical (unpaired) electrons. The Morgan fingerprint density at radius 2 is 0.900 bits per heavy atom. The van der Waals surface area contributed by atoms with Crippen LogP contribution < -0.4 is 0 Å². The van der Waals surface area contributed by atoms with Gasteiger partial charge in [-0.25, -0.2) is 0 Å². The van der Waals surface area contributed by atoms with Crippen LogP contribution in [0.25, 0.3) is 88.4 Å². The van der Waals surface area contributed by atoms with Gasteiger partial charge in [0.1, 0.15) is 0 Å². The van der Waals surface area contributed by atoms with Crippen LogP contribution in [0.15, 0.2) is 158 Å². The monoisotopic (exact) mass is 785 g/mol. The number of nitriles is 1. The molecule has 0 spiro atoms. The average molecular weight is 786 g/mol. The third-order valence-electron chi connectivity index (χ3n) is 12.0. The molecule has 0 aliphatic carbocycles. The third-order valence-corrected chi connectivity index (χ3v) is 12.0. The van der Waals surface area contributed by atoms with E-state index in [-0.39, 0.29) is 16.7 Å². The summed E-state index contributed by atoms with van der Waals surface area (Å²) < 4.78 is 48.6. The highest BCUT2D eigenvalue weighted by Gasteiger charge is 2.34. The fourth-order valence-corrected chi connectivity index (χ4v) is 9.29. The smallest absolute Gasteiger partial charge is 0.307 e. The van der Waals surface area contributed by atoms with Crippen LogP contribution in [-0.2, 0) is 6.18 Å². The number of hydrogen-bond donors (Lipinski definition) is 0. The summed E-state index contributed by atoms with van der Waals surface area (Å²) in [5, 5.41) is 14.9. The van der Waals surface area contributed by atoms with Crippen LogP contribution in [-0.4, -0.2) is 9.13 Å². The van der Waals surface area contributed by atoms with Gasteiger partial charge in [0, 0.05) is 27.1 Å². The van der Waals surface area contributed by atoms with Gasteiger partial charge < -0.3 is 9.13 Å². The Morgan fingerprint density at radius 1 is 0.433 bits per heavy atom. The van der Waals surface area contributed by atoms with Crippen molar-refractivity contribution in [1.82, 2.24) is 9.13 Å². The van der Waals surface area contributed by atoms with Crippen LogP contribution in [0.1, 0.15) is 33.4 Å². The lowest BCUT2D eigenvalue weighted by molar-refractivity contribution is -0.137. The normalized spacial score (nSPS) is 11.9. The zero-order valence-corrected chi connectivity index (χ0v) is 33.5. The Labute approximate surface area is 345 Å². The number of fused-ring (bicyclic) bond motifs is 6. The van der Waals surface area contributed by atoms with Gasteiger partial charge in [0.05, 0.1) is 50.6 Å². The first-order chi connectivity index (χ1) is 29.0. The molecule has 0 atom stereocenters. The molecule has 290 valence electrons. The van der Waals surface area contributed by atoms with Crippen molar-refractivity contribution < 1.29 is 13.2 Å². The standard InChI is InChI=1S/C54H38F3N3/c1-32-17-21-39(34(3)25-32)36-19-23-50-45(27-36)42-12-6-9-15-48(42)59(50)52-29-38(31-58)44(41-11-5-8-14-47(41)54(55,56)57)30-53(52)60-49-16-10-7-13-43(49)46-28-37(20-24-51(46)60)40-22-18-33(2)26-35(40)4/h5-30H,1-4H3. The van der Waals surface area contributed by atoms with Gasteiger partial charge in [-0.15, -0.1) is 0 Å². The zero-order chi connectivity index (χ0) is 41.4. The van der Waals surface area contributed by atoms with Crippen LogP contribution >= 0.6 is 0 Å². The maximum atomic E-state index is 14.7. The van der Waals surface area contributed by atoms with E-state index in [1.165, 1.54) is 34.4 Å². The average Bonchev–Trinajstić information content (AvgIpc) is 3.75. The second-order valence-electron chi connectivity index (χ2n) is 15.8. The van der Waals surface area contributed by atoms with E-state index in [0.717, 1.165) is 71.9 Å². The highest BCUT2D eigenvalue weighted by Crippen LogP contribution is 2.45. The van der Waals surface area contributed by atoms with E-state index >= 15 is 0 Å². The van der Waals surface area contributed by atoms with Gasteiger partial charge in [0.25, 0.3) is 0 Å². The summed E-state index contributed by atoms with van der Waals surface area (Å²) in [5.41, 5.74) is 13.6. The van der Waals surface area contributed by atoms with Crippen molar-refractivity contribution in [2.75, 3.05) is 0 Å². The highest BCUT2D eigenvalue weighted by molar-refractivity contribution is 6.13. The molecule has 10 rings (SSSR count). The van der Waals surface area contributed by atoms with Crippen molar-refractivity contribution in [1.29, 1.82) is 5.26 Å². The number of nitrogens with zero attached hydrogens (tertiary/aromatic N) is 3. The lowest BCUT2D eigenvalue weighted by Gasteiger charge is -2.21. The van der Waals surface area contributed by atoms with Crippen LogP contribution in [0.2, 0.25) is 0 Å². The van der Waals surface area contributed by atoms with E-state index in [9.17, 15) is 18.4 Å². The molecule has 0 amide bonds. The molecule has 0 saturated carbocycles. The number of para-hydroxylation sites is 2. The summed E-state index contributed by atoms with van der Waals surface area (Å²) in [4.78, 5) is 0. The molecule has 0 N–H and O–H groups in total. The molecule has 0 bridgehead atoms. The molecular weight excluding hydrogens is 748 g/mol. The van der Waals surface area contributed by atoms with Gasteiger partial charge in [0.15, 0.2) is 0 Å². The molecule has 0 aliphatic heterocycles. The summed E-state index contributed by atoms with van der Waals surface area (Å²) in [6, 6.07) is 53.6. The molecule has 2 aromatic heterocycles. The topological polar surface area (TPSA) is 33.6 Å². The Morgan fingerprint density at radius 3 is 1.40 bits per heavy atom. The molecule has 10 aromatic rings. The Bertz CT molecular complexity index is 3430. The van der Waals surface area contributed by atoms with Crippen LogP contribution in [0.5, 0.6) is 0 Å². The summed E-state index contributed by atoms with van der Waals surface area (Å²) in [7, 11) is 0. The Kier molecular flexibility index (Phi) is 8.55. The molecule has 3 nitrogen and oxygen atoms in total. The van der Waals surface area contributed by atoms with E-state index in [1.54, 1.807) is 18.2 Å². The molecule has 0 fully saturated rings. The molecule has 2 heterocycles. The van der Waals surface area contributed by atoms with Gasteiger partial charge in [-0.1, -0.05) is 114 Å². The minimum Gasteiger partial charge on any atom is -0.307 e. The van der Waals surface area contributed by atoms with Crippen LogP contribution in [0, 0.1) is 39.0 Å². The maximum absolute atomic E-state index is 14.7. The molecule has 8 aromatic carbocycles. The van der Waals surface area contributed by atoms with E-state index in [4.69, 9.17) is 0 Å². The first-order valence-electron chi connectivity index (χ1n) is 20.0. The molecule has 6 heteroatoms. The van der Waals surface area contributed by atoms with Crippen LogP contribution in [0.3, 0.4) is 0 Å². The van der Waals surface area contributed by atoms with Crippen LogP contribution in [0.4, 0.5) is 13.2 Å². The van der Waals surface area contributed by atoms with Gasteiger partial charge in [0.2, 0.25) is 0 Å². The molecular formula is C54H38F3N3. The second-order valence-corrected chi connectivity index (χ2v) is 15.8. The Hall–Kier alpha value is -7.36. The van der Waals surface area contributed by atoms with Gasteiger partial charge >= 0.3 is 6.18 Å². The van der Waals surface area contributed by atoms with E-state index < -0.39 is 11.7 Å². The second kappa shape index (κ2) is 13.9. The van der Waals surface area contributed by atoms with Gasteiger partial charge in [-0.05, 0) is 121 Å². The largest absolute Gasteiger partial charge is 0.417 e. The highest BCUT2D eigenvalue weighted by atomic mass is 19.4. The number of alkyl halides is 3. The fourth-order valence-electron chi connectivity index (χ4n) is 9.29. The molecule has 0 aliphatic rings. The summed E-state index contributed by atoms with van der Waals surface area (Å²) in [6.45, 7) is 8.43. The minimum atomic E-state index is -4.64. The predicted octanol–water partition coefficient (Wildman–Crippen LogP) is 15.0. The number of halogens is 3. The predicted molar refractivity (Wildman–Crippen MR) is 240 cm³/mol. The van der Waals surface area contributed by atoms with Crippen molar-refractivity contribution in [3.63, 3.8) is 0 Å². The summed E-state index contributed by atoms with van der Waals surface area (Å²) in [5.74, 6) is 0. The number of benzene rings is 8. The lowest BCUT2D eigenvalue weighted by Crippen LogP contribution is -2.09. The Balaban J connectivity index is 1.32. The fraction of sp³-hybridized carbons (Fsp3) is 0.0926. The van der Waals surface area contributed by atoms with E-state index in [0.29, 0.717) is 11.4 Å². The summed E-state index contributed by atoms with van der Waals surface area (Å²) in [6.07, 6.45) is -4.64. The molecule has 0 unspecified atom stereocenters. The van der Waals surface area contributed by atoms with Gasteiger partial charge in [-0.3, -0.25) is 0 Å². The minimum absolute atomic E-state index is 0.0485. The maximum Gasteiger partial charge on any atom is 0.417 e. The SMILES string of the molecule is Cc1ccc(-c2ccc3c(c2)c2ccccc2n3-c2cc(C#N)c(-c3ccccc3C(F)(F)F)cc2-n2c3ccccc3c3cc(-c4ccc(C)cc4C)ccc32)c(C)c1. The first kappa shape index (κ1) is 36.9. The lowest BCUT2D eigenvalue weighted by atomic mass is 9.94. The molecule has 0 saturated heterocycles. The summed E-state index contributed by atoms with van der Waals surface area (Å²) >= 11 is 0. The van der Waals surface area contributed by atoms with Gasteiger partial charge in [-0.2, -0.15) is 18.4 Å². The van der Waals surface area contributed by atoms with E-state index in [1.807, 2.05) is 24.3 Å². The number of aryl methyl sites for hydroxylation is 4. The number of aromatic nitrogens is 2. The molecule has 60 heavy (non-hydrogen) atoms. The quantitative estimate of drug-likeness (QED) is 0.171. The van der Waals surface area contributed by atoms with Crippen molar-refractivity contribution >= 4 is 43.6 Å². The third kappa shape index (κ3) is 5.88. The van der Waals surface area contributed by atoms with Crippen molar-refractivity contribution in [2.24, 2.45) is 0 Å². The van der Waals surface area contributed by atoms with E-state index in [2.05, 4.69) is 140 Å². The number of rotatable bonds is 5. The van der Waals surface area contributed by atoms with Crippen molar-refractivity contribution in [3.8, 4) is 50.8 Å². The number of hydrogen-bond acceptors (Lipinski definition) is 1. The zero-order valence-electron chi connectivity index (χ0n) is 33.5. The first-order valence-corrected chi connectivity index (χ1v) is 20.0. The van der Waals surface area contributed by atoms with Crippen molar-refractivity contribution in [3.05, 3.63) is 191 Å².